The minimum atomic E-state index is -0.113. The minimum Gasteiger partial charge on any atom is -0.508 e. The van der Waals surface area contributed by atoms with Crippen LogP contribution in [0, 0.1) is 17.3 Å². The summed E-state index contributed by atoms with van der Waals surface area (Å²) < 4.78 is 0. The van der Waals surface area contributed by atoms with Crippen molar-refractivity contribution >= 4 is 11.7 Å². The first kappa shape index (κ1) is 22.1. The van der Waals surface area contributed by atoms with Crippen molar-refractivity contribution in [2.75, 3.05) is 0 Å². The van der Waals surface area contributed by atoms with E-state index in [1.807, 2.05) is 30.3 Å². The fourth-order valence-corrected chi connectivity index (χ4v) is 4.71. The summed E-state index contributed by atoms with van der Waals surface area (Å²) in [5.41, 5.74) is 8.70. The summed E-state index contributed by atoms with van der Waals surface area (Å²) in [6.45, 7) is 7.45. The molecule has 0 saturated heterocycles. The molecule has 0 fully saturated rings. The molecule has 2 aromatic carbocycles. The number of amidine groups is 2. The van der Waals surface area contributed by atoms with E-state index in [1.54, 1.807) is 6.07 Å². The van der Waals surface area contributed by atoms with Gasteiger partial charge in [-0.2, -0.15) is 0 Å². The number of benzene rings is 2. The van der Waals surface area contributed by atoms with E-state index in [0.29, 0.717) is 18.2 Å². The van der Waals surface area contributed by atoms with Gasteiger partial charge in [0, 0.05) is 11.3 Å². The Morgan fingerprint density at radius 2 is 1.80 bits per heavy atom. The summed E-state index contributed by atoms with van der Waals surface area (Å²) in [6.07, 6.45) is 5.16. The topological polar surface area (TPSA) is 71.0 Å². The number of rotatable bonds is 9. The molecule has 2 atom stereocenters. The van der Waals surface area contributed by atoms with E-state index in [-0.39, 0.29) is 11.3 Å². The van der Waals surface area contributed by atoms with Crippen LogP contribution < -0.4 is 5.73 Å². The van der Waals surface area contributed by atoms with Gasteiger partial charge in [-0.1, -0.05) is 69.7 Å². The Labute approximate surface area is 181 Å². The third kappa shape index (κ3) is 5.50. The summed E-state index contributed by atoms with van der Waals surface area (Å²) >= 11 is 0. The van der Waals surface area contributed by atoms with E-state index >= 15 is 0 Å². The molecule has 0 amide bonds. The first-order valence-electron chi connectivity index (χ1n) is 11.1. The van der Waals surface area contributed by atoms with Gasteiger partial charge in [0.15, 0.2) is 0 Å². The molecule has 2 unspecified atom stereocenters. The molecule has 1 aliphatic heterocycles. The van der Waals surface area contributed by atoms with Crippen molar-refractivity contribution in [2.24, 2.45) is 33.0 Å². The van der Waals surface area contributed by atoms with Gasteiger partial charge in [0.25, 0.3) is 0 Å². The van der Waals surface area contributed by atoms with Crippen molar-refractivity contribution in [1.82, 2.24) is 0 Å². The second-order valence-electron chi connectivity index (χ2n) is 9.15. The third-order valence-corrected chi connectivity index (χ3v) is 6.08. The number of unbranched alkanes of at least 4 members (excludes halogenated alkanes) is 1. The highest BCUT2D eigenvalue weighted by Gasteiger charge is 2.45. The number of aromatic hydroxyl groups is 1. The Morgan fingerprint density at radius 3 is 2.50 bits per heavy atom. The van der Waals surface area contributed by atoms with Crippen LogP contribution in [0.2, 0.25) is 0 Å². The van der Waals surface area contributed by atoms with E-state index in [9.17, 15) is 5.11 Å². The molecule has 0 spiro atoms. The Balaban J connectivity index is 1.67. The van der Waals surface area contributed by atoms with Gasteiger partial charge in [0.2, 0.25) is 0 Å². The number of aliphatic imine (C=N–C) groups is 2. The normalized spacial score (nSPS) is 22.6. The van der Waals surface area contributed by atoms with E-state index < -0.39 is 0 Å². The summed E-state index contributed by atoms with van der Waals surface area (Å²) in [6, 6.07) is 17.9. The lowest BCUT2D eigenvalue weighted by molar-refractivity contribution is 0.281. The van der Waals surface area contributed by atoms with E-state index in [4.69, 9.17) is 15.7 Å². The van der Waals surface area contributed by atoms with Gasteiger partial charge in [-0.3, -0.25) is 4.99 Å². The number of phenolic OH excluding ortho intramolecular Hbond substituents is 1. The molecule has 30 heavy (non-hydrogen) atoms. The molecule has 0 bridgehead atoms. The largest absolute Gasteiger partial charge is 0.508 e. The lowest BCUT2D eigenvalue weighted by Crippen LogP contribution is -2.37. The molecule has 0 saturated carbocycles. The van der Waals surface area contributed by atoms with Crippen molar-refractivity contribution in [3.8, 4) is 5.75 Å². The zero-order valence-electron chi connectivity index (χ0n) is 18.5. The summed E-state index contributed by atoms with van der Waals surface area (Å²) in [5, 5.41) is 9.65. The van der Waals surface area contributed by atoms with Gasteiger partial charge in [-0.05, 0) is 54.9 Å². The fraction of sp³-hybridized carbons (Fsp3) is 0.462. The zero-order chi connectivity index (χ0) is 21.6. The van der Waals surface area contributed by atoms with Crippen molar-refractivity contribution in [1.29, 1.82) is 0 Å². The molecule has 0 aromatic heterocycles. The van der Waals surface area contributed by atoms with Crippen LogP contribution in [0.1, 0.15) is 57.6 Å². The van der Waals surface area contributed by atoms with Crippen molar-refractivity contribution < 1.29 is 5.11 Å². The van der Waals surface area contributed by atoms with Gasteiger partial charge >= 0.3 is 0 Å². The average Bonchev–Trinajstić information content (AvgIpc) is 2.93. The standard InChI is InChI=1S/C26H35N3O/c1-19(2)17-26(3)23(15-8-7-10-20-13-9-14-22(30)16-20)24(27)29-25(26)28-18-21-11-5-4-6-12-21/h4-6,9,11-14,16,19,23,30H,7-8,10,15,17-18H2,1-3H3,(H2,27,28,29). The maximum Gasteiger partial charge on any atom is 0.132 e. The van der Waals surface area contributed by atoms with Crippen molar-refractivity contribution in [3.63, 3.8) is 0 Å². The monoisotopic (exact) mass is 405 g/mol. The summed E-state index contributed by atoms with van der Waals surface area (Å²) in [5.74, 6) is 2.77. The highest BCUT2D eigenvalue weighted by Crippen LogP contribution is 2.43. The van der Waals surface area contributed by atoms with Gasteiger partial charge in [0.1, 0.15) is 17.4 Å². The SMILES string of the molecule is CC(C)CC1(C)C(=NCc2ccccc2)N=C(N)C1CCCCc1cccc(O)c1. The van der Waals surface area contributed by atoms with Crippen molar-refractivity contribution in [2.45, 2.75) is 59.4 Å². The Bertz CT molecular complexity index is 888. The highest BCUT2D eigenvalue weighted by molar-refractivity contribution is 6.08. The molecule has 160 valence electrons. The lowest BCUT2D eigenvalue weighted by Gasteiger charge is -2.33. The molecule has 0 radical (unpaired) electrons. The summed E-state index contributed by atoms with van der Waals surface area (Å²) in [7, 11) is 0. The van der Waals surface area contributed by atoms with Crippen LogP contribution in [0.4, 0.5) is 0 Å². The molecule has 0 aliphatic carbocycles. The number of hydrogen-bond acceptors (Lipinski definition) is 3. The third-order valence-electron chi connectivity index (χ3n) is 6.08. The zero-order valence-corrected chi connectivity index (χ0v) is 18.5. The molecular formula is C26H35N3O. The molecule has 3 N–H and O–H groups in total. The maximum atomic E-state index is 9.65. The predicted octanol–water partition coefficient (Wildman–Crippen LogP) is 5.74. The average molecular weight is 406 g/mol. The van der Waals surface area contributed by atoms with Crippen LogP contribution in [-0.4, -0.2) is 16.8 Å². The minimum absolute atomic E-state index is 0.113. The first-order valence-corrected chi connectivity index (χ1v) is 11.1. The van der Waals surface area contributed by atoms with E-state index in [2.05, 4.69) is 39.0 Å². The number of nitrogens with two attached hydrogens (primary N) is 1. The first-order chi connectivity index (χ1) is 14.4. The van der Waals surface area contributed by atoms with Crippen LogP contribution in [0.15, 0.2) is 64.6 Å². The molecule has 3 rings (SSSR count). The second-order valence-corrected chi connectivity index (χ2v) is 9.15. The number of aryl methyl sites for hydroxylation is 1. The number of nitrogens with zero attached hydrogens (tertiary/aromatic N) is 2. The molecule has 1 heterocycles. The fourth-order valence-electron chi connectivity index (χ4n) is 4.71. The Morgan fingerprint density at radius 1 is 1.07 bits per heavy atom. The van der Waals surface area contributed by atoms with E-state index in [0.717, 1.165) is 43.8 Å². The van der Waals surface area contributed by atoms with Gasteiger partial charge in [-0.15, -0.1) is 0 Å². The maximum absolute atomic E-state index is 9.65. The molecule has 4 nitrogen and oxygen atoms in total. The number of hydrogen-bond donors (Lipinski definition) is 2. The highest BCUT2D eigenvalue weighted by atomic mass is 16.3. The van der Waals surface area contributed by atoms with Crippen LogP contribution in [0.25, 0.3) is 0 Å². The predicted molar refractivity (Wildman–Crippen MR) is 126 cm³/mol. The van der Waals surface area contributed by atoms with Crippen LogP contribution in [-0.2, 0) is 13.0 Å². The molecule has 4 heteroatoms. The number of phenols is 1. The molecular weight excluding hydrogens is 370 g/mol. The molecule has 1 aliphatic rings. The second kappa shape index (κ2) is 9.92. The van der Waals surface area contributed by atoms with Gasteiger partial charge in [0.05, 0.1) is 6.54 Å². The van der Waals surface area contributed by atoms with Gasteiger partial charge < -0.3 is 10.8 Å². The van der Waals surface area contributed by atoms with Crippen LogP contribution >= 0.6 is 0 Å². The smallest absolute Gasteiger partial charge is 0.132 e. The lowest BCUT2D eigenvalue weighted by atomic mass is 9.70. The van der Waals surface area contributed by atoms with Crippen molar-refractivity contribution in [3.05, 3.63) is 65.7 Å². The van der Waals surface area contributed by atoms with E-state index in [1.165, 1.54) is 11.1 Å². The summed E-state index contributed by atoms with van der Waals surface area (Å²) in [4.78, 5) is 9.66. The van der Waals surface area contributed by atoms with Crippen LogP contribution in [0.5, 0.6) is 5.75 Å². The Kier molecular flexibility index (Phi) is 7.30. The van der Waals surface area contributed by atoms with Gasteiger partial charge in [-0.25, -0.2) is 4.99 Å². The van der Waals surface area contributed by atoms with Crippen LogP contribution in [0.3, 0.4) is 0 Å². The molecule has 2 aromatic rings. The quantitative estimate of drug-likeness (QED) is 0.522. The Hall–Kier alpha value is -2.62.